The summed E-state index contributed by atoms with van der Waals surface area (Å²) in [6.45, 7) is 2.13. The first kappa shape index (κ1) is 17.2. The molecule has 0 spiro atoms. The number of carbonyl (C=O) groups is 2. The van der Waals surface area contributed by atoms with Crippen LogP contribution in [0.15, 0.2) is 0 Å². The second-order valence-electron chi connectivity index (χ2n) is 4.05. The molecule has 0 radical (unpaired) electrons. The van der Waals surface area contributed by atoms with E-state index in [0.29, 0.717) is 12.8 Å². The molecule has 0 aliphatic rings. The Morgan fingerprint density at radius 2 is 1.41 bits per heavy atom. The summed E-state index contributed by atoms with van der Waals surface area (Å²) in [7, 11) is 2.81. The van der Waals surface area contributed by atoms with Crippen LogP contribution >= 0.6 is 12.7 Å². The minimum absolute atomic E-state index is 0.167. The van der Waals surface area contributed by atoms with Gasteiger partial charge in [0.1, 0.15) is 0 Å². The van der Waals surface area contributed by atoms with Crippen LogP contribution < -0.4 is 0 Å². The molecule has 0 saturated carbocycles. The molecular weight excluding hydrogens is 395 g/mol. The second kappa shape index (κ2) is 9.19. The first-order valence-corrected chi connectivity index (χ1v) is 18.2. The van der Waals surface area contributed by atoms with Crippen molar-refractivity contribution in [2.45, 2.75) is 39.5 Å². The van der Waals surface area contributed by atoms with E-state index in [2.05, 4.69) is 29.1 Å². The summed E-state index contributed by atoms with van der Waals surface area (Å²) in [5.74, 6) is -0.334. The van der Waals surface area contributed by atoms with Crippen LogP contribution in [-0.4, -0.2) is 42.3 Å². The van der Waals surface area contributed by atoms with E-state index in [4.69, 9.17) is 0 Å². The van der Waals surface area contributed by atoms with Crippen LogP contribution in [0.25, 0.3) is 0 Å². The molecule has 0 atom stereocenters. The fourth-order valence-corrected chi connectivity index (χ4v) is 15.4. The van der Waals surface area contributed by atoms with Gasteiger partial charge in [0, 0.05) is 0 Å². The van der Waals surface area contributed by atoms with Gasteiger partial charge in [-0.25, -0.2) is 0 Å². The number of carbonyl (C=O) groups excluding carboxylic acids is 2. The minimum atomic E-state index is -2.48. The number of hydrogen-bond acceptors (Lipinski definition) is 4. The van der Waals surface area contributed by atoms with Crippen molar-refractivity contribution in [3.63, 3.8) is 0 Å². The van der Waals surface area contributed by atoms with E-state index >= 15 is 0 Å². The van der Waals surface area contributed by atoms with Gasteiger partial charge in [-0.15, -0.1) is 0 Å². The van der Waals surface area contributed by atoms with E-state index in [1.165, 1.54) is 14.2 Å². The Bertz CT molecular complexity index is 238. The molecule has 17 heavy (non-hydrogen) atoms. The first-order valence-electron chi connectivity index (χ1n) is 5.80. The molecule has 0 fully saturated rings. The Labute approximate surface area is 113 Å². The summed E-state index contributed by atoms with van der Waals surface area (Å²) in [6, 6.07) is 0. The van der Waals surface area contributed by atoms with Crippen molar-refractivity contribution in [3.8, 4) is 0 Å². The molecule has 4 nitrogen and oxygen atoms in total. The van der Waals surface area contributed by atoms with E-state index < -0.39 is 16.2 Å². The van der Waals surface area contributed by atoms with Gasteiger partial charge < -0.3 is 0 Å². The van der Waals surface area contributed by atoms with Crippen molar-refractivity contribution in [3.05, 3.63) is 0 Å². The molecule has 0 aromatic rings. The van der Waals surface area contributed by atoms with Gasteiger partial charge in [0.15, 0.2) is 0 Å². The Kier molecular flexibility index (Phi) is 9.31. The van der Waals surface area contributed by atoms with Gasteiger partial charge in [-0.2, -0.15) is 0 Å². The van der Waals surface area contributed by atoms with E-state index in [0.717, 1.165) is 19.7 Å². The number of ether oxygens (including phenoxy) is 2. The average molecular weight is 416 g/mol. The second-order valence-corrected chi connectivity index (χ2v) is 26.2. The first-order chi connectivity index (χ1) is 7.97. The van der Waals surface area contributed by atoms with Gasteiger partial charge in [-0.05, 0) is 0 Å². The molecule has 0 amide bonds. The van der Waals surface area contributed by atoms with Crippen molar-refractivity contribution in [2.24, 2.45) is 0 Å². The van der Waals surface area contributed by atoms with Crippen LogP contribution in [0, 0.1) is 0 Å². The normalized spacial score (nSPS) is 11.1. The van der Waals surface area contributed by atoms with Crippen LogP contribution in [0.3, 0.4) is 0 Å². The molecule has 0 N–H and O–H groups in total. The summed E-state index contributed by atoms with van der Waals surface area (Å²) in [5, 5.41) is 0. The van der Waals surface area contributed by atoms with Gasteiger partial charge in [-0.3, -0.25) is 0 Å². The number of rotatable bonds is 8. The zero-order valence-electron chi connectivity index (χ0n) is 10.8. The fourth-order valence-electron chi connectivity index (χ4n) is 1.68. The van der Waals surface area contributed by atoms with Crippen molar-refractivity contribution < 1.29 is 19.1 Å². The Hall–Kier alpha value is 0.219. The van der Waals surface area contributed by atoms with Crippen molar-refractivity contribution >= 4 is 40.8 Å². The predicted octanol–water partition coefficient (Wildman–Crippen LogP) is 2.86. The van der Waals surface area contributed by atoms with Crippen LogP contribution in [0.4, 0.5) is 0 Å². The van der Waals surface area contributed by atoms with Gasteiger partial charge in [-0.1, -0.05) is 0 Å². The quantitative estimate of drug-likeness (QED) is 0.452. The fraction of sp³-hybridized carbons (Fsp3) is 0.818. The number of methoxy groups -OCH3 is 2. The van der Waals surface area contributed by atoms with Crippen LogP contribution in [0.2, 0.25) is 13.3 Å². The molecule has 6 heteroatoms. The molecule has 0 aromatic heterocycles. The third-order valence-corrected chi connectivity index (χ3v) is 21.2. The molecule has 0 rings (SSSR count). The third kappa shape index (κ3) is 8.02. The van der Waals surface area contributed by atoms with Gasteiger partial charge in [0.05, 0.1) is 0 Å². The number of hydrogen-bond donors (Lipinski definition) is 0. The van der Waals surface area contributed by atoms with E-state index in [-0.39, 0.29) is 11.9 Å². The van der Waals surface area contributed by atoms with Crippen molar-refractivity contribution in [1.29, 1.82) is 0 Å². The summed E-state index contributed by atoms with van der Waals surface area (Å²) >= 11 is 1.38. The van der Waals surface area contributed by atoms with E-state index in [9.17, 15) is 9.59 Å². The molecule has 0 aliphatic heterocycles. The Balaban J connectivity index is 4.24. The number of esters is 2. The zero-order chi connectivity index (χ0) is 13.3. The molecule has 0 aliphatic carbocycles. The molecule has 0 unspecified atom stereocenters. The SMILES string of the molecule is CC[CH2][Sn]([Br])([CH2]CC(=O)OC)[CH2]CC(=O)OC. The predicted molar refractivity (Wildman–Crippen MR) is 72.7 cm³/mol. The molecule has 100 valence electrons. The van der Waals surface area contributed by atoms with Crippen LogP contribution in [-0.2, 0) is 19.1 Å². The van der Waals surface area contributed by atoms with Crippen molar-refractivity contribution in [2.75, 3.05) is 14.2 Å². The van der Waals surface area contributed by atoms with E-state index in [1.807, 2.05) is 0 Å². The van der Waals surface area contributed by atoms with Gasteiger partial charge in [0.25, 0.3) is 0 Å². The van der Waals surface area contributed by atoms with Gasteiger partial charge in [0.2, 0.25) is 0 Å². The molecule has 0 aromatic carbocycles. The summed E-state index contributed by atoms with van der Waals surface area (Å²) in [4.78, 5) is 22.3. The monoisotopic (exact) mass is 416 g/mol. The third-order valence-electron chi connectivity index (χ3n) is 2.71. The van der Waals surface area contributed by atoms with Crippen LogP contribution in [0.1, 0.15) is 26.2 Å². The number of halogens is 1. The van der Waals surface area contributed by atoms with Crippen molar-refractivity contribution in [1.82, 2.24) is 0 Å². The molecular formula is C11H21BrO4Sn. The van der Waals surface area contributed by atoms with Crippen LogP contribution in [0.5, 0.6) is 0 Å². The Morgan fingerprint density at radius 3 is 1.71 bits per heavy atom. The molecule has 0 bridgehead atoms. The Morgan fingerprint density at radius 1 is 1.00 bits per heavy atom. The maximum atomic E-state index is 11.2. The molecule has 0 heterocycles. The van der Waals surface area contributed by atoms with E-state index in [1.54, 1.807) is 0 Å². The average Bonchev–Trinajstić information content (AvgIpc) is 2.33. The molecule has 0 saturated heterocycles. The summed E-state index contributed by atoms with van der Waals surface area (Å²) in [6.07, 6.45) is 2.00. The summed E-state index contributed by atoms with van der Waals surface area (Å²) in [5.41, 5.74) is 0. The maximum absolute atomic E-state index is 11.2. The topological polar surface area (TPSA) is 52.6 Å². The summed E-state index contributed by atoms with van der Waals surface area (Å²) < 4.78 is 12.2. The standard InChI is InChI=1S/2C4H7O2.C3H7.BrH.Sn/c2*1-3-4(5)6-2;1-3-2;;/h2*1,3H2,2H3;1,3H2,2H3;1H;/q;;;;+1/p-1. The van der Waals surface area contributed by atoms with Gasteiger partial charge >= 0.3 is 114 Å². The zero-order valence-corrected chi connectivity index (χ0v) is 15.2.